The molecule has 1 aliphatic carbocycles. The Hall–Kier alpha value is -2.17. The number of carbonyl (C=O) groups excluding carboxylic acids is 1. The molecular weight excluding hydrogens is 208 g/mol. The molecule has 0 spiro atoms. The van der Waals surface area contributed by atoms with Crippen LogP contribution >= 0.6 is 0 Å². The number of amides is 1. The van der Waals surface area contributed by atoms with E-state index in [1.54, 1.807) is 6.08 Å². The van der Waals surface area contributed by atoms with E-state index < -0.39 is 5.97 Å². The number of aliphatic carboxylic acids is 1. The molecule has 2 aliphatic rings. The number of carbonyl (C=O) groups is 2. The second-order valence-corrected chi connectivity index (χ2v) is 3.51. The van der Waals surface area contributed by atoms with Crippen molar-refractivity contribution in [3.63, 3.8) is 0 Å². The smallest absolute Gasteiger partial charge is 0.357 e. The van der Waals surface area contributed by atoms with Gasteiger partial charge in [0, 0.05) is 7.05 Å². The summed E-state index contributed by atoms with van der Waals surface area (Å²) in [4.78, 5) is 22.5. The summed E-state index contributed by atoms with van der Waals surface area (Å²) in [5, 5.41) is 13.6. The van der Waals surface area contributed by atoms with Gasteiger partial charge >= 0.3 is 5.97 Å². The van der Waals surface area contributed by atoms with Crippen LogP contribution in [0.2, 0.25) is 0 Å². The van der Waals surface area contributed by atoms with Crippen LogP contribution in [-0.2, 0) is 9.59 Å². The van der Waals surface area contributed by atoms with E-state index in [0.717, 1.165) is 10.6 Å². The number of carboxylic acids is 1. The van der Waals surface area contributed by atoms with Crippen LogP contribution in [-0.4, -0.2) is 34.8 Å². The summed E-state index contributed by atoms with van der Waals surface area (Å²) in [5.41, 5.74) is 0.859. The summed E-state index contributed by atoms with van der Waals surface area (Å²) in [7, 11) is 1.44. The van der Waals surface area contributed by atoms with Crippen LogP contribution in [0.25, 0.3) is 0 Å². The molecule has 2 rings (SSSR count). The molecular formula is C11H10N2O3. The Bertz CT molecular complexity index is 483. The fourth-order valence-electron chi connectivity index (χ4n) is 1.57. The largest absolute Gasteiger partial charge is 0.476 e. The number of carboxylic acid groups (broad SMARTS) is 1. The van der Waals surface area contributed by atoms with E-state index in [9.17, 15) is 9.59 Å². The molecule has 16 heavy (non-hydrogen) atoms. The molecule has 0 aromatic carbocycles. The van der Waals surface area contributed by atoms with Gasteiger partial charge in [-0.05, 0) is 18.1 Å². The number of allylic oxidation sites excluding steroid dienone is 5. The maximum absolute atomic E-state index is 11.6. The average Bonchev–Trinajstić information content (AvgIpc) is 2.81. The second kappa shape index (κ2) is 3.77. The molecule has 0 fully saturated rings. The van der Waals surface area contributed by atoms with Crippen LogP contribution in [0.3, 0.4) is 0 Å². The third kappa shape index (κ3) is 1.67. The zero-order chi connectivity index (χ0) is 11.7. The summed E-state index contributed by atoms with van der Waals surface area (Å²) in [6, 6.07) is 0. The van der Waals surface area contributed by atoms with Crippen LogP contribution in [0.5, 0.6) is 0 Å². The molecule has 0 radical (unpaired) electrons. The SMILES string of the molecule is CN1N=C(C(=O)O)/C(=C/C2=CC=CC2)C1=O. The van der Waals surface area contributed by atoms with Crippen molar-refractivity contribution in [2.45, 2.75) is 6.42 Å². The molecule has 1 heterocycles. The highest BCUT2D eigenvalue weighted by Crippen LogP contribution is 2.19. The lowest BCUT2D eigenvalue weighted by Crippen LogP contribution is -2.19. The summed E-state index contributed by atoms with van der Waals surface area (Å²) in [5.74, 6) is -1.57. The van der Waals surface area contributed by atoms with E-state index in [1.165, 1.54) is 7.05 Å². The molecule has 0 saturated carbocycles. The molecule has 0 aromatic heterocycles. The third-order valence-corrected chi connectivity index (χ3v) is 2.36. The Kier molecular flexibility index (Phi) is 2.44. The van der Waals surface area contributed by atoms with Gasteiger partial charge < -0.3 is 5.11 Å². The molecule has 0 bridgehead atoms. The zero-order valence-corrected chi connectivity index (χ0v) is 8.67. The second-order valence-electron chi connectivity index (χ2n) is 3.51. The van der Waals surface area contributed by atoms with Gasteiger partial charge in [0.15, 0.2) is 5.71 Å². The first-order chi connectivity index (χ1) is 7.59. The number of hydrazone groups is 1. The lowest BCUT2D eigenvalue weighted by molar-refractivity contribution is -0.129. The third-order valence-electron chi connectivity index (χ3n) is 2.36. The van der Waals surface area contributed by atoms with Gasteiger partial charge in [0.1, 0.15) is 0 Å². The molecule has 5 heteroatoms. The lowest BCUT2D eigenvalue weighted by atomic mass is 10.1. The lowest BCUT2D eigenvalue weighted by Gasteiger charge is -2.01. The van der Waals surface area contributed by atoms with Crippen LogP contribution in [0.4, 0.5) is 0 Å². The highest BCUT2D eigenvalue weighted by molar-refractivity contribution is 6.50. The topological polar surface area (TPSA) is 70.0 Å². The summed E-state index contributed by atoms with van der Waals surface area (Å²) < 4.78 is 0. The van der Waals surface area contributed by atoms with Crippen molar-refractivity contribution in [3.8, 4) is 0 Å². The summed E-state index contributed by atoms with van der Waals surface area (Å²) >= 11 is 0. The minimum atomic E-state index is -1.18. The molecule has 0 atom stereocenters. The molecule has 1 N–H and O–H groups in total. The number of rotatable bonds is 2. The highest BCUT2D eigenvalue weighted by Gasteiger charge is 2.32. The Morgan fingerprint density at radius 3 is 2.94 bits per heavy atom. The van der Waals surface area contributed by atoms with Gasteiger partial charge in [-0.3, -0.25) is 4.79 Å². The molecule has 82 valence electrons. The number of hydrogen-bond acceptors (Lipinski definition) is 3. The van der Waals surface area contributed by atoms with Gasteiger partial charge in [-0.2, -0.15) is 5.10 Å². The quantitative estimate of drug-likeness (QED) is 0.694. The average molecular weight is 218 g/mol. The fraction of sp³-hybridized carbons (Fsp3) is 0.182. The fourth-order valence-corrected chi connectivity index (χ4v) is 1.57. The van der Waals surface area contributed by atoms with Crippen molar-refractivity contribution in [2.75, 3.05) is 7.05 Å². The first-order valence-electron chi connectivity index (χ1n) is 4.77. The standard InChI is InChI=1S/C11H10N2O3/c1-13-10(14)8(9(12-13)11(15)16)6-7-4-2-3-5-7/h2-4,6H,5H2,1H3,(H,15,16)/b8-6-. The van der Waals surface area contributed by atoms with E-state index in [-0.39, 0.29) is 17.2 Å². The van der Waals surface area contributed by atoms with E-state index in [0.29, 0.717) is 6.42 Å². The monoisotopic (exact) mass is 218 g/mol. The number of hydrogen-bond donors (Lipinski definition) is 1. The highest BCUT2D eigenvalue weighted by atomic mass is 16.4. The minimum absolute atomic E-state index is 0.143. The van der Waals surface area contributed by atoms with Crippen molar-refractivity contribution in [3.05, 3.63) is 35.5 Å². The molecule has 0 unspecified atom stereocenters. The normalized spacial score (nSPS) is 21.7. The van der Waals surface area contributed by atoms with Crippen molar-refractivity contribution in [1.29, 1.82) is 0 Å². The minimum Gasteiger partial charge on any atom is -0.476 e. The maximum atomic E-state index is 11.6. The molecule has 5 nitrogen and oxygen atoms in total. The Balaban J connectivity index is 2.35. The van der Waals surface area contributed by atoms with Gasteiger partial charge in [0.05, 0.1) is 5.57 Å². The number of likely N-dealkylation sites (N-methyl/N-ethyl adjacent to an activating group) is 1. The van der Waals surface area contributed by atoms with E-state index >= 15 is 0 Å². The molecule has 1 aliphatic heterocycles. The summed E-state index contributed by atoms with van der Waals surface area (Å²) in [6.45, 7) is 0. The zero-order valence-electron chi connectivity index (χ0n) is 8.67. The van der Waals surface area contributed by atoms with Gasteiger partial charge in [0.2, 0.25) is 0 Å². The predicted octanol–water partition coefficient (Wildman–Crippen LogP) is 0.712. The van der Waals surface area contributed by atoms with Crippen molar-refractivity contribution >= 4 is 17.6 Å². The molecule has 1 amide bonds. The van der Waals surface area contributed by atoms with Crippen molar-refractivity contribution in [2.24, 2.45) is 5.10 Å². The Morgan fingerprint density at radius 2 is 2.38 bits per heavy atom. The van der Waals surface area contributed by atoms with Gasteiger partial charge in [-0.15, -0.1) is 0 Å². The van der Waals surface area contributed by atoms with E-state index in [2.05, 4.69) is 5.10 Å². The van der Waals surface area contributed by atoms with Gasteiger partial charge in [-0.25, -0.2) is 9.80 Å². The van der Waals surface area contributed by atoms with Crippen LogP contribution in [0.15, 0.2) is 40.6 Å². The first kappa shape index (κ1) is 10.4. The van der Waals surface area contributed by atoms with Crippen molar-refractivity contribution in [1.82, 2.24) is 5.01 Å². The molecule has 0 saturated heterocycles. The maximum Gasteiger partial charge on any atom is 0.357 e. The summed E-state index contributed by atoms with van der Waals surface area (Å²) in [6.07, 6.45) is 7.95. The Morgan fingerprint density at radius 1 is 1.62 bits per heavy atom. The predicted molar refractivity (Wildman–Crippen MR) is 57.8 cm³/mol. The number of nitrogens with zero attached hydrogens (tertiary/aromatic N) is 2. The van der Waals surface area contributed by atoms with E-state index in [4.69, 9.17) is 5.11 Å². The first-order valence-corrected chi connectivity index (χ1v) is 4.77. The molecule has 0 aromatic rings. The van der Waals surface area contributed by atoms with Gasteiger partial charge in [0.25, 0.3) is 5.91 Å². The van der Waals surface area contributed by atoms with Crippen LogP contribution in [0, 0.1) is 0 Å². The van der Waals surface area contributed by atoms with Crippen LogP contribution < -0.4 is 0 Å². The Labute approximate surface area is 92.1 Å². The van der Waals surface area contributed by atoms with E-state index in [1.807, 2.05) is 18.2 Å². The van der Waals surface area contributed by atoms with Crippen molar-refractivity contribution < 1.29 is 14.7 Å². The van der Waals surface area contributed by atoms with Gasteiger partial charge in [-0.1, -0.05) is 18.2 Å². The van der Waals surface area contributed by atoms with Crippen LogP contribution in [0.1, 0.15) is 6.42 Å².